The third kappa shape index (κ3) is 3.13. The van der Waals surface area contributed by atoms with E-state index in [-0.39, 0.29) is 5.92 Å². The first-order chi connectivity index (χ1) is 7.08. The molecule has 1 rings (SSSR count). The Morgan fingerprint density at radius 3 is 2.33 bits per heavy atom. The van der Waals surface area contributed by atoms with Gasteiger partial charge in [-0.2, -0.15) is 0 Å². The van der Waals surface area contributed by atoms with E-state index in [4.69, 9.17) is 0 Å². The summed E-state index contributed by atoms with van der Waals surface area (Å²) >= 11 is 1.65. The second-order valence-corrected chi connectivity index (χ2v) is 5.19. The van der Waals surface area contributed by atoms with E-state index in [1.54, 1.807) is 11.3 Å². The predicted molar refractivity (Wildman–Crippen MR) is 64.4 cm³/mol. The van der Waals surface area contributed by atoms with Crippen molar-refractivity contribution in [3.63, 3.8) is 0 Å². The molecule has 0 fully saturated rings. The predicted octanol–water partition coefficient (Wildman–Crippen LogP) is 3.31. The van der Waals surface area contributed by atoms with E-state index in [0.29, 0.717) is 12.2 Å². The molecular weight excluding hydrogens is 206 g/mol. The van der Waals surface area contributed by atoms with Crippen LogP contribution in [0.3, 0.4) is 0 Å². The summed E-state index contributed by atoms with van der Waals surface area (Å²) in [4.78, 5) is 17.5. The van der Waals surface area contributed by atoms with E-state index in [0.717, 1.165) is 23.5 Å². The number of aryl methyl sites for hydroxylation is 2. The Bertz CT molecular complexity index is 320. The van der Waals surface area contributed by atoms with Crippen molar-refractivity contribution in [2.45, 2.75) is 47.0 Å². The van der Waals surface area contributed by atoms with Gasteiger partial charge in [0, 0.05) is 10.8 Å². The lowest BCUT2D eigenvalue weighted by molar-refractivity contribution is -0.122. The van der Waals surface area contributed by atoms with Crippen molar-refractivity contribution in [1.29, 1.82) is 0 Å². The van der Waals surface area contributed by atoms with Gasteiger partial charge in [0.25, 0.3) is 0 Å². The molecule has 1 aromatic heterocycles. The zero-order valence-electron chi connectivity index (χ0n) is 9.96. The van der Waals surface area contributed by atoms with Gasteiger partial charge in [-0.3, -0.25) is 4.79 Å². The fraction of sp³-hybridized carbons (Fsp3) is 0.667. The number of nitrogens with zero attached hydrogens (tertiary/aromatic N) is 1. The molecule has 1 aromatic rings. The summed E-state index contributed by atoms with van der Waals surface area (Å²) in [5.74, 6) is 0.559. The van der Waals surface area contributed by atoms with Crippen LogP contribution in [-0.4, -0.2) is 10.8 Å². The van der Waals surface area contributed by atoms with Gasteiger partial charge in [0.15, 0.2) is 0 Å². The van der Waals surface area contributed by atoms with E-state index in [9.17, 15) is 4.79 Å². The molecule has 0 bridgehead atoms. The first kappa shape index (κ1) is 12.4. The van der Waals surface area contributed by atoms with Crippen LogP contribution in [0.2, 0.25) is 0 Å². The van der Waals surface area contributed by atoms with Crippen molar-refractivity contribution < 1.29 is 4.79 Å². The monoisotopic (exact) mass is 225 g/mol. The van der Waals surface area contributed by atoms with Gasteiger partial charge in [-0.25, -0.2) is 4.98 Å². The summed E-state index contributed by atoms with van der Waals surface area (Å²) in [5.41, 5.74) is 1.06. The first-order valence-corrected chi connectivity index (χ1v) is 6.35. The van der Waals surface area contributed by atoms with Crippen LogP contribution in [0.4, 0.5) is 0 Å². The highest BCUT2D eigenvalue weighted by Crippen LogP contribution is 2.19. The molecule has 0 amide bonds. The van der Waals surface area contributed by atoms with Crippen LogP contribution in [0.15, 0.2) is 0 Å². The van der Waals surface area contributed by atoms with Crippen LogP contribution >= 0.6 is 11.3 Å². The van der Waals surface area contributed by atoms with Gasteiger partial charge < -0.3 is 0 Å². The van der Waals surface area contributed by atoms with Gasteiger partial charge in [-0.1, -0.05) is 13.8 Å². The molecule has 0 spiro atoms. The van der Waals surface area contributed by atoms with Gasteiger partial charge in [-0.15, -0.1) is 11.3 Å². The van der Waals surface area contributed by atoms with Gasteiger partial charge in [0.1, 0.15) is 10.8 Å². The molecule has 0 aliphatic rings. The lowest BCUT2D eigenvalue weighted by atomic mass is 9.96. The van der Waals surface area contributed by atoms with E-state index >= 15 is 0 Å². The molecule has 0 N–H and O–H groups in total. The fourth-order valence-electron chi connectivity index (χ4n) is 1.65. The number of thiazole rings is 1. The highest BCUT2D eigenvalue weighted by Gasteiger charge is 2.16. The molecule has 0 saturated heterocycles. The molecule has 84 valence electrons. The first-order valence-electron chi connectivity index (χ1n) is 5.54. The zero-order chi connectivity index (χ0) is 11.4. The second kappa shape index (κ2) is 5.40. The Labute approximate surface area is 95.7 Å². The molecule has 1 heterocycles. The van der Waals surface area contributed by atoms with Crippen molar-refractivity contribution in [2.75, 3.05) is 0 Å². The molecule has 0 aliphatic heterocycles. The molecule has 2 nitrogen and oxygen atoms in total. The van der Waals surface area contributed by atoms with Gasteiger partial charge in [-0.05, 0) is 26.7 Å². The number of carbonyl (C=O) groups excluding carboxylic acids is 1. The summed E-state index contributed by atoms with van der Waals surface area (Å²) in [6.07, 6.45) is 2.41. The quantitative estimate of drug-likeness (QED) is 0.769. The molecule has 0 atom stereocenters. The second-order valence-electron chi connectivity index (χ2n) is 3.91. The maximum atomic E-state index is 11.9. The van der Waals surface area contributed by atoms with Crippen molar-refractivity contribution >= 4 is 17.1 Å². The summed E-state index contributed by atoms with van der Waals surface area (Å²) in [6.45, 7) is 8.20. The Kier molecular flexibility index (Phi) is 4.45. The van der Waals surface area contributed by atoms with Crippen molar-refractivity contribution in [1.82, 2.24) is 4.98 Å². The van der Waals surface area contributed by atoms with Gasteiger partial charge in [0.2, 0.25) is 0 Å². The van der Waals surface area contributed by atoms with E-state index in [1.165, 1.54) is 4.88 Å². The highest BCUT2D eigenvalue weighted by atomic mass is 32.1. The normalized spacial score (nSPS) is 11.0. The van der Waals surface area contributed by atoms with Crippen LogP contribution < -0.4 is 0 Å². The van der Waals surface area contributed by atoms with Crippen LogP contribution in [0.1, 0.15) is 42.3 Å². The standard InChI is InChI=1S/C12H19NOS/c1-5-10(6-2)11(14)7-12-13-8(3)9(4)15-12/h10H,5-7H2,1-4H3. The average molecular weight is 225 g/mol. The summed E-state index contributed by atoms with van der Waals surface area (Å²) < 4.78 is 0. The third-order valence-corrected chi connectivity index (χ3v) is 3.91. The maximum absolute atomic E-state index is 11.9. The van der Waals surface area contributed by atoms with Gasteiger partial charge in [0.05, 0.1) is 12.1 Å². The summed E-state index contributed by atoms with van der Waals surface area (Å²) in [5, 5.41) is 0.974. The summed E-state index contributed by atoms with van der Waals surface area (Å²) in [7, 11) is 0. The number of ketones is 1. The van der Waals surface area contributed by atoms with Crippen molar-refractivity contribution in [2.24, 2.45) is 5.92 Å². The van der Waals surface area contributed by atoms with Crippen molar-refractivity contribution in [3.05, 3.63) is 15.6 Å². The largest absolute Gasteiger partial charge is 0.299 e. The third-order valence-electron chi connectivity index (χ3n) is 2.84. The molecule has 3 heteroatoms. The topological polar surface area (TPSA) is 30.0 Å². The number of Topliss-reactive ketones (excluding diaryl/α,β-unsaturated/α-hetero) is 1. The minimum Gasteiger partial charge on any atom is -0.299 e. The zero-order valence-corrected chi connectivity index (χ0v) is 10.8. The minimum atomic E-state index is 0.217. The molecule has 0 saturated carbocycles. The SMILES string of the molecule is CCC(CC)C(=O)Cc1nc(C)c(C)s1. The van der Waals surface area contributed by atoms with Crippen molar-refractivity contribution in [3.8, 4) is 0 Å². The lowest BCUT2D eigenvalue weighted by Crippen LogP contribution is -2.15. The molecule has 0 aliphatic carbocycles. The van der Waals surface area contributed by atoms with E-state index < -0.39 is 0 Å². The van der Waals surface area contributed by atoms with Crippen LogP contribution in [0.5, 0.6) is 0 Å². The number of hydrogen-bond donors (Lipinski definition) is 0. The molecule has 0 radical (unpaired) electrons. The number of rotatable bonds is 5. The maximum Gasteiger partial charge on any atom is 0.142 e. The molecule has 0 aromatic carbocycles. The highest BCUT2D eigenvalue weighted by molar-refractivity contribution is 7.11. The lowest BCUT2D eigenvalue weighted by Gasteiger charge is -2.08. The Hall–Kier alpha value is -0.700. The van der Waals surface area contributed by atoms with Gasteiger partial charge >= 0.3 is 0 Å². The fourth-order valence-corrected chi connectivity index (χ4v) is 2.60. The van der Waals surface area contributed by atoms with Crippen LogP contribution in [0.25, 0.3) is 0 Å². The number of hydrogen-bond acceptors (Lipinski definition) is 3. The van der Waals surface area contributed by atoms with E-state index in [2.05, 4.69) is 25.8 Å². The average Bonchev–Trinajstić information content (AvgIpc) is 2.47. The molecular formula is C12H19NOS. The Morgan fingerprint density at radius 1 is 1.33 bits per heavy atom. The smallest absolute Gasteiger partial charge is 0.142 e. The molecule has 15 heavy (non-hydrogen) atoms. The van der Waals surface area contributed by atoms with Crippen LogP contribution in [-0.2, 0) is 11.2 Å². The number of carbonyl (C=O) groups is 1. The molecule has 0 unspecified atom stereocenters. The Balaban J connectivity index is 2.65. The van der Waals surface area contributed by atoms with Crippen LogP contribution in [0, 0.1) is 19.8 Å². The van der Waals surface area contributed by atoms with E-state index in [1.807, 2.05) is 6.92 Å². The summed E-state index contributed by atoms with van der Waals surface area (Å²) in [6, 6.07) is 0. The Morgan fingerprint density at radius 2 is 1.93 bits per heavy atom. The minimum absolute atomic E-state index is 0.217. The number of aromatic nitrogens is 1.